The van der Waals surface area contributed by atoms with E-state index in [-0.39, 0.29) is 18.1 Å². The maximum atomic E-state index is 13.6. The maximum Gasteiger partial charge on any atom is 0.434 e. The highest BCUT2D eigenvalue weighted by Gasteiger charge is 2.41. The number of hydrogen-bond acceptors (Lipinski definition) is 5. The van der Waals surface area contributed by atoms with Crippen LogP contribution in [0.3, 0.4) is 0 Å². The molecule has 1 N–H and O–H groups in total. The molecule has 10 heteroatoms. The fourth-order valence-electron chi connectivity index (χ4n) is 2.92. The van der Waals surface area contributed by atoms with E-state index in [0.717, 1.165) is 6.20 Å². The quantitative estimate of drug-likeness (QED) is 0.445. The average molecular weight is 445 g/mol. The third-order valence-corrected chi connectivity index (χ3v) is 4.46. The van der Waals surface area contributed by atoms with Crippen molar-refractivity contribution in [1.29, 1.82) is 0 Å². The number of Topliss-reactive ketones (excluding diaryl/α,β-unsaturated/α-hetero) is 1. The van der Waals surface area contributed by atoms with Gasteiger partial charge in [-0.05, 0) is 50.2 Å². The van der Waals surface area contributed by atoms with Gasteiger partial charge in [-0.15, -0.1) is 0 Å². The molecular formula is C22H18F3N3O4. The van der Waals surface area contributed by atoms with Crippen molar-refractivity contribution < 1.29 is 32.3 Å². The summed E-state index contributed by atoms with van der Waals surface area (Å²) in [7, 11) is 0. The zero-order chi connectivity index (χ0) is 23.5. The molecule has 0 saturated carbocycles. The normalized spacial score (nSPS) is 11.2. The Morgan fingerprint density at radius 1 is 1.00 bits per heavy atom. The van der Waals surface area contributed by atoms with Gasteiger partial charge < -0.3 is 10.1 Å². The lowest BCUT2D eigenvalue weighted by molar-refractivity contribution is -0.143. The third kappa shape index (κ3) is 4.85. The number of nitrogens with one attached hydrogen (secondary N) is 1. The Balaban J connectivity index is 1.83. The number of nitrogens with zero attached hydrogens (tertiary/aromatic N) is 2. The summed E-state index contributed by atoms with van der Waals surface area (Å²) in [6.07, 6.45) is -4.04. The van der Waals surface area contributed by atoms with E-state index in [9.17, 15) is 27.6 Å². The molecule has 166 valence electrons. The molecule has 7 nitrogen and oxygen atoms in total. The number of rotatable bonds is 6. The minimum Gasteiger partial charge on any atom is -0.462 e. The number of alkyl halides is 3. The number of carbonyl (C=O) groups excluding carboxylic acids is 3. The van der Waals surface area contributed by atoms with Crippen molar-refractivity contribution in [1.82, 2.24) is 9.78 Å². The first kappa shape index (κ1) is 22.7. The second-order valence-electron chi connectivity index (χ2n) is 6.67. The highest BCUT2D eigenvalue weighted by Crippen LogP contribution is 2.34. The van der Waals surface area contributed by atoms with Gasteiger partial charge in [-0.3, -0.25) is 9.59 Å². The Hall–Kier alpha value is -3.95. The van der Waals surface area contributed by atoms with Crippen molar-refractivity contribution in [3.8, 4) is 5.69 Å². The molecule has 0 aliphatic heterocycles. The summed E-state index contributed by atoms with van der Waals surface area (Å²) in [4.78, 5) is 35.6. The number of hydrogen-bond donors (Lipinski definition) is 1. The van der Waals surface area contributed by atoms with Gasteiger partial charge in [0.15, 0.2) is 11.5 Å². The van der Waals surface area contributed by atoms with Crippen LogP contribution >= 0.6 is 0 Å². The van der Waals surface area contributed by atoms with Crippen LogP contribution in [0, 0.1) is 0 Å². The van der Waals surface area contributed by atoms with E-state index in [1.807, 2.05) is 0 Å². The predicted octanol–water partition coefficient (Wildman–Crippen LogP) is 4.52. The number of aromatic nitrogens is 2. The van der Waals surface area contributed by atoms with Gasteiger partial charge in [0.2, 0.25) is 0 Å². The Bertz CT molecular complexity index is 1150. The van der Waals surface area contributed by atoms with Crippen molar-refractivity contribution in [3.63, 3.8) is 0 Å². The van der Waals surface area contributed by atoms with Crippen LogP contribution in [-0.2, 0) is 10.9 Å². The van der Waals surface area contributed by atoms with Gasteiger partial charge in [-0.2, -0.15) is 18.3 Å². The summed E-state index contributed by atoms with van der Waals surface area (Å²) in [5.74, 6) is -1.70. The third-order valence-electron chi connectivity index (χ3n) is 4.46. The zero-order valence-corrected chi connectivity index (χ0v) is 17.1. The second kappa shape index (κ2) is 9.04. The number of halogens is 3. The van der Waals surface area contributed by atoms with Crippen molar-refractivity contribution in [2.45, 2.75) is 20.0 Å². The predicted molar refractivity (Wildman–Crippen MR) is 109 cm³/mol. The fraction of sp³-hybridized carbons (Fsp3) is 0.182. The Kier molecular flexibility index (Phi) is 6.42. The highest BCUT2D eigenvalue weighted by molar-refractivity contribution is 6.05. The second-order valence-corrected chi connectivity index (χ2v) is 6.67. The molecule has 3 aromatic rings. The molecule has 0 unspecified atom stereocenters. The van der Waals surface area contributed by atoms with E-state index < -0.39 is 29.3 Å². The minimum atomic E-state index is -4.85. The van der Waals surface area contributed by atoms with Crippen molar-refractivity contribution in [2.75, 3.05) is 11.9 Å². The number of ketones is 1. The largest absolute Gasteiger partial charge is 0.462 e. The van der Waals surface area contributed by atoms with Gasteiger partial charge >= 0.3 is 12.1 Å². The summed E-state index contributed by atoms with van der Waals surface area (Å²) >= 11 is 0. The van der Waals surface area contributed by atoms with E-state index in [4.69, 9.17) is 0 Å². The molecule has 0 radical (unpaired) electrons. The van der Waals surface area contributed by atoms with Gasteiger partial charge in [0.1, 0.15) is 5.56 Å². The Labute approximate surface area is 180 Å². The lowest BCUT2D eigenvalue weighted by Gasteiger charge is -2.13. The summed E-state index contributed by atoms with van der Waals surface area (Å²) in [6.45, 7) is 2.82. The summed E-state index contributed by atoms with van der Waals surface area (Å²) in [5, 5.41) is 6.32. The van der Waals surface area contributed by atoms with E-state index >= 15 is 0 Å². The van der Waals surface area contributed by atoms with Crippen LogP contribution in [0.2, 0.25) is 0 Å². The number of esters is 1. The molecule has 32 heavy (non-hydrogen) atoms. The number of carbonyl (C=O) groups is 3. The molecule has 0 saturated heterocycles. The molecule has 3 rings (SSSR count). The summed E-state index contributed by atoms with van der Waals surface area (Å²) in [6, 6.07) is 11.5. The lowest BCUT2D eigenvalue weighted by atomic mass is 10.1. The standard InChI is InChI=1S/C22H18F3N3O4/c1-3-32-21(31)18-12-26-28(19(18)22(23,24)25)17-10-8-16(9-11-17)27-20(30)15-6-4-14(5-7-15)13(2)29/h4-12H,3H2,1-2H3,(H,27,30). The van der Waals surface area contributed by atoms with Crippen LogP contribution in [-0.4, -0.2) is 34.0 Å². The SMILES string of the molecule is CCOC(=O)c1cnn(-c2ccc(NC(=O)c3ccc(C(C)=O)cc3)cc2)c1C(F)(F)F. The van der Waals surface area contributed by atoms with Crippen LogP contribution in [0.4, 0.5) is 18.9 Å². The van der Waals surface area contributed by atoms with E-state index in [0.29, 0.717) is 21.5 Å². The van der Waals surface area contributed by atoms with Gasteiger partial charge in [0, 0.05) is 16.8 Å². The number of anilines is 1. The first-order valence-electron chi connectivity index (χ1n) is 9.47. The Morgan fingerprint density at radius 2 is 1.59 bits per heavy atom. The fourth-order valence-corrected chi connectivity index (χ4v) is 2.92. The van der Waals surface area contributed by atoms with Gasteiger partial charge in [0.25, 0.3) is 5.91 Å². The molecule has 1 heterocycles. The summed E-state index contributed by atoms with van der Waals surface area (Å²) in [5.41, 5.74) is -0.793. The number of ether oxygens (including phenoxy) is 1. The van der Waals surface area contributed by atoms with Gasteiger partial charge in [-0.25, -0.2) is 9.48 Å². The molecule has 2 aromatic carbocycles. The molecule has 1 aromatic heterocycles. The van der Waals surface area contributed by atoms with Gasteiger partial charge in [-0.1, -0.05) is 12.1 Å². The van der Waals surface area contributed by atoms with E-state index in [1.165, 1.54) is 62.4 Å². The lowest BCUT2D eigenvalue weighted by Crippen LogP contribution is -2.18. The number of amides is 1. The zero-order valence-electron chi connectivity index (χ0n) is 17.1. The molecule has 0 spiro atoms. The smallest absolute Gasteiger partial charge is 0.434 e. The molecular weight excluding hydrogens is 427 g/mol. The van der Waals surface area contributed by atoms with Crippen molar-refractivity contribution in [2.24, 2.45) is 0 Å². The molecule has 0 fully saturated rings. The van der Waals surface area contributed by atoms with Gasteiger partial charge in [0.05, 0.1) is 18.5 Å². The van der Waals surface area contributed by atoms with Crippen LogP contribution in [0.5, 0.6) is 0 Å². The highest BCUT2D eigenvalue weighted by atomic mass is 19.4. The number of benzene rings is 2. The van der Waals surface area contributed by atoms with Crippen LogP contribution < -0.4 is 5.32 Å². The minimum absolute atomic E-state index is 0.0386. The first-order valence-corrected chi connectivity index (χ1v) is 9.47. The Morgan fingerprint density at radius 3 is 2.12 bits per heavy atom. The van der Waals surface area contributed by atoms with Crippen LogP contribution in [0.25, 0.3) is 5.69 Å². The monoisotopic (exact) mass is 445 g/mol. The molecule has 0 aliphatic rings. The van der Waals surface area contributed by atoms with E-state index in [1.54, 1.807) is 0 Å². The van der Waals surface area contributed by atoms with Crippen molar-refractivity contribution in [3.05, 3.63) is 77.1 Å². The van der Waals surface area contributed by atoms with Crippen LogP contribution in [0.1, 0.15) is 50.6 Å². The molecule has 1 amide bonds. The van der Waals surface area contributed by atoms with E-state index in [2.05, 4.69) is 15.2 Å². The molecule has 0 atom stereocenters. The first-order chi connectivity index (χ1) is 15.1. The van der Waals surface area contributed by atoms with Crippen molar-refractivity contribution >= 4 is 23.3 Å². The van der Waals surface area contributed by atoms with Crippen LogP contribution in [0.15, 0.2) is 54.7 Å². The average Bonchev–Trinajstić information content (AvgIpc) is 3.20. The maximum absolute atomic E-state index is 13.6. The molecule has 0 bridgehead atoms. The topological polar surface area (TPSA) is 90.3 Å². The summed E-state index contributed by atoms with van der Waals surface area (Å²) < 4.78 is 46.1. The molecule has 0 aliphatic carbocycles.